The van der Waals surface area contributed by atoms with E-state index in [-0.39, 0.29) is 12.2 Å². The van der Waals surface area contributed by atoms with Gasteiger partial charge in [-0.05, 0) is 48.2 Å². The number of rotatable bonds is 9. The van der Waals surface area contributed by atoms with Gasteiger partial charge in [0, 0.05) is 68.0 Å². The summed E-state index contributed by atoms with van der Waals surface area (Å²) in [4.78, 5) is 25.9. The van der Waals surface area contributed by atoms with Crippen molar-refractivity contribution in [2.24, 2.45) is 0 Å². The van der Waals surface area contributed by atoms with Crippen LogP contribution in [-0.4, -0.2) is 69.2 Å². The smallest absolute Gasteiger partial charge is 0.255 e. The van der Waals surface area contributed by atoms with Gasteiger partial charge < -0.3 is 24.4 Å². The van der Waals surface area contributed by atoms with Gasteiger partial charge in [-0.3, -0.25) is 14.8 Å². The van der Waals surface area contributed by atoms with Gasteiger partial charge in [-0.25, -0.2) is 8.93 Å². The van der Waals surface area contributed by atoms with Crippen LogP contribution < -0.4 is 14.4 Å². The molecule has 0 bridgehead atoms. The Labute approximate surface area is 277 Å². The van der Waals surface area contributed by atoms with Crippen LogP contribution in [0.15, 0.2) is 91.5 Å². The molecule has 2 saturated heterocycles. The van der Waals surface area contributed by atoms with E-state index >= 15 is 0 Å². The zero-order chi connectivity index (χ0) is 32.4. The molecule has 2 aliphatic rings. The van der Waals surface area contributed by atoms with Gasteiger partial charge in [0.1, 0.15) is 12.0 Å². The Morgan fingerprint density at radius 3 is 2.40 bits per heavy atom. The minimum atomic E-state index is -1.42. The highest BCUT2D eigenvalue weighted by Crippen LogP contribution is 2.22. The maximum absolute atomic E-state index is 13.3. The highest BCUT2D eigenvalue weighted by molar-refractivity contribution is 7.82. The Morgan fingerprint density at radius 2 is 1.68 bits per heavy atom. The minimum Gasteiger partial charge on any atom is -0.463 e. The summed E-state index contributed by atoms with van der Waals surface area (Å²) in [5.41, 5.74) is 4.38. The average molecular weight is 652 g/mol. The van der Waals surface area contributed by atoms with E-state index in [1.54, 1.807) is 30.9 Å². The summed E-state index contributed by atoms with van der Waals surface area (Å²) in [6.07, 6.45) is 8.23. The van der Waals surface area contributed by atoms with Crippen LogP contribution in [0.3, 0.4) is 0 Å². The van der Waals surface area contributed by atoms with E-state index in [9.17, 15) is 14.1 Å². The zero-order valence-corrected chi connectivity index (χ0v) is 26.8. The number of aliphatic hydroxyl groups is 1. The Hall–Kier alpha value is -4.60. The molecule has 2 fully saturated rings. The number of aliphatic hydroxyl groups excluding tert-OH is 1. The van der Waals surface area contributed by atoms with Crippen LogP contribution in [0.4, 0.5) is 5.69 Å². The number of amides is 1. The summed E-state index contributed by atoms with van der Waals surface area (Å²) in [5, 5.41) is 10.6. The average Bonchev–Trinajstić information content (AvgIpc) is 3.12. The third kappa shape index (κ3) is 9.02. The van der Waals surface area contributed by atoms with Crippen LogP contribution in [0, 0.1) is 11.8 Å². The number of piperazine rings is 1. The number of anilines is 1. The van der Waals surface area contributed by atoms with Crippen LogP contribution in [-0.2, 0) is 21.5 Å². The lowest BCUT2D eigenvalue weighted by Gasteiger charge is -2.36. The molecule has 0 spiro atoms. The number of aromatic nitrogens is 2. The number of pyridine rings is 2. The van der Waals surface area contributed by atoms with Crippen molar-refractivity contribution >= 4 is 22.6 Å². The third-order valence-corrected chi connectivity index (χ3v) is 9.06. The van der Waals surface area contributed by atoms with Crippen molar-refractivity contribution in [3.05, 3.63) is 119 Å². The topological polar surface area (TPSA) is 117 Å². The Balaban J connectivity index is 1.00. The molecule has 47 heavy (non-hydrogen) atoms. The molecule has 2 aliphatic heterocycles. The number of benzene rings is 2. The molecule has 242 valence electrons. The Morgan fingerprint density at radius 1 is 0.957 bits per heavy atom. The minimum absolute atomic E-state index is 0.0848. The van der Waals surface area contributed by atoms with Crippen molar-refractivity contribution in [1.82, 2.24) is 19.6 Å². The molecule has 0 aliphatic carbocycles. The second-order valence-corrected chi connectivity index (χ2v) is 12.6. The van der Waals surface area contributed by atoms with Gasteiger partial charge in [0.25, 0.3) is 5.91 Å². The van der Waals surface area contributed by atoms with Gasteiger partial charge in [-0.2, -0.15) is 0 Å². The lowest BCUT2D eigenvalue weighted by Crippen LogP contribution is -2.48. The molecular formula is C36H37N5O5S. The molecule has 1 amide bonds. The molecule has 6 rings (SSSR count). The maximum Gasteiger partial charge on any atom is 0.255 e. The molecule has 4 aromatic rings. The summed E-state index contributed by atoms with van der Waals surface area (Å²) >= 11 is 0. The number of nitrogens with one attached hydrogen (secondary N) is 1. The quantitative estimate of drug-likeness (QED) is 0.205. The van der Waals surface area contributed by atoms with E-state index in [0.717, 1.165) is 30.5 Å². The first kappa shape index (κ1) is 32.3. The van der Waals surface area contributed by atoms with Crippen LogP contribution in [0.2, 0.25) is 0 Å². The normalized spacial score (nSPS) is 17.7. The summed E-state index contributed by atoms with van der Waals surface area (Å²) < 4.78 is 26.8. The van der Waals surface area contributed by atoms with E-state index in [2.05, 4.69) is 31.4 Å². The van der Waals surface area contributed by atoms with Crippen molar-refractivity contribution in [1.29, 1.82) is 0 Å². The summed E-state index contributed by atoms with van der Waals surface area (Å²) in [6, 6.07) is 20.6. The van der Waals surface area contributed by atoms with Gasteiger partial charge >= 0.3 is 0 Å². The number of carbonyl (C=O) groups excluding carboxylic acids is 1. The number of carbonyl (C=O) groups is 1. The van der Waals surface area contributed by atoms with Gasteiger partial charge in [-0.15, -0.1) is 0 Å². The van der Waals surface area contributed by atoms with Crippen molar-refractivity contribution in [2.45, 2.75) is 37.5 Å². The van der Waals surface area contributed by atoms with Crippen LogP contribution in [0.25, 0.3) is 0 Å². The van der Waals surface area contributed by atoms with Crippen molar-refractivity contribution in [3.8, 4) is 17.6 Å². The fraction of sp³-hybridized carbons (Fsp3) is 0.306. The SMILES string of the molecule is O=C(c1cncc(C#Cc2cncc(OC3CCCCO3)c2)c1)N1CCN(c2ccc(C(O)NS(=O)Cc3ccccc3)cc2)CC1. The molecule has 4 heterocycles. The molecule has 2 aromatic carbocycles. The lowest BCUT2D eigenvalue weighted by molar-refractivity contribution is -0.106. The Bertz CT molecular complexity index is 1730. The summed E-state index contributed by atoms with van der Waals surface area (Å²) in [7, 11) is -1.42. The number of ether oxygens (including phenoxy) is 2. The first-order valence-corrected chi connectivity index (χ1v) is 17.0. The van der Waals surface area contributed by atoms with Gasteiger partial charge in [0.05, 0.1) is 35.1 Å². The largest absolute Gasteiger partial charge is 0.463 e. The highest BCUT2D eigenvalue weighted by atomic mass is 32.2. The van der Waals surface area contributed by atoms with Crippen molar-refractivity contribution in [2.75, 3.05) is 37.7 Å². The summed E-state index contributed by atoms with van der Waals surface area (Å²) in [6.45, 7) is 3.15. The van der Waals surface area contributed by atoms with Gasteiger partial charge in [0.2, 0.25) is 0 Å². The number of hydrogen-bond donors (Lipinski definition) is 2. The molecule has 2 N–H and O–H groups in total. The number of hydrogen-bond acceptors (Lipinski definition) is 8. The fourth-order valence-corrected chi connectivity index (χ4v) is 6.42. The molecule has 3 unspecified atom stereocenters. The van der Waals surface area contributed by atoms with E-state index in [1.165, 1.54) is 0 Å². The third-order valence-electron chi connectivity index (χ3n) is 7.98. The monoisotopic (exact) mass is 651 g/mol. The molecule has 0 saturated carbocycles. The van der Waals surface area contributed by atoms with E-state index in [1.807, 2.05) is 65.6 Å². The molecule has 11 heteroatoms. The Kier molecular flexibility index (Phi) is 10.9. The second-order valence-electron chi connectivity index (χ2n) is 11.4. The van der Waals surface area contributed by atoms with Gasteiger partial charge in [0.15, 0.2) is 6.29 Å². The predicted molar refractivity (Wildman–Crippen MR) is 180 cm³/mol. The molecular weight excluding hydrogens is 614 g/mol. The lowest BCUT2D eigenvalue weighted by atomic mass is 10.1. The van der Waals surface area contributed by atoms with E-state index in [4.69, 9.17) is 9.47 Å². The molecule has 3 atom stereocenters. The second kappa shape index (κ2) is 15.8. The first-order chi connectivity index (χ1) is 23.0. The summed E-state index contributed by atoms with van der Waals surface area (Å²) in [5.74, 6) is 7.03. The van der Waals surface area contributed by atoms with Crippen LogP contribution in [0.1, 0.15) is 58.1 Å². The first-order valence-electron chi connectivity index (χ1n) is 15.7. The predicted octanol–water partition coefficient (Wildman–Crippen LogP) is 4.19. The van der Waals surface area contributed by atoms with Gasteiger partial charge in [-0.1, -0.05) is 54.3 Å². The highest BCUT2D eigenvalue weighted by Gasteiger charge is 2.23. The van der Waals surface area contributed by atoms with Crippen molar-refractivity contribution < 1.29 is 23.6 Å². The van der Waals surface area contributed by atoms with Crippen molar-refractivity contribution in [3.63, 3.8) is 0 Å². The molecule has 10 nitrogen and oxygen atoms in total. The maximum atomic E-state index is 13.3. The standard InChI is InChI=1S/C36H37N5O5S/c42-35(39-47(44)26-27-6-2-1-3-7-27)30-11-13-32(14-12-30)40-15-17-41(18-16-40)36(43)31-20-28(22-37-24-31)9-10-29-21-33(25-38-23-29)46-34-8-4-5-19-45-34/h1-3,6-7,11-14,20-25,34-35,39,42H,4-5,8,15-19,26H2. The zero-order valence-electron chi connectivity index (χ0n) is 26.0. The van der Waals surface area contributed by atoms with Crippen LogP contribution >= 0.6 is 0 Å². The van der Waals surface area contributed by atoms with E-state index in [0.29, 0.717) is 66.5 Å². The fourth-order valence-electron chi connectivity index (χ4n) is 5.45. The van der Waals surface area contributed by atoms with E-state index < -0.39 is 17.2 Å². The van der Waals surface area contributed by atoms with Crippen LogP contribution in [0.5, 0.6) is 5.75 Å². The molecule has 0 radical (unpaired) electrons. The molecule has 2 aromatic heterocycles. The number of nitrogens with zero attached hydrogens (tertiary/aromatic N) is 4.